The zero-order chi connectivity index (χ0) is 37.0. The number of nitriles is 1. The first-order valence-electron chi connectivity index (χ1n) is 17.4. The molecule has 1 fully saturated rings. The minimum absolute atomic E-state index is 0.0394. The summed E-state index contributed by atoms with van der Waals surface area (Å²) in [7, 11) is 0. The number of carbonyl (C=O) groups excluding carboxylic acids is 2. The van der Waals surface area contributed by atoms with Crippen molar-refractivity contribution >= 4 is 34.4 Å². The molecule has 0 bridgehead atoms. The Morgan fingerprint density at radius 2 is 1.75 bits per heavy atom. The summed E-state index contributed by atoms with van der Waals surface area (Å²) in [6.45, 7) is 12.3. The number of benzene rings is 3. The Kier molecular flexibility index (Phi) is 10.1. The van der Waals surface area contributed by atoms with Gasteiger partial charge in [0.25, 0.3) is 5.91 Å². The van der Waals surface area contributed by atoms with E-state index in [4.69, 9.17) is 14.5 Å². The molecule has 11 nitrogen and oxygen atoms in total. The van der Waals surface area contributed by atoms with E-state index in [0.717, 1.165) is 34.7 Å². The molecule has 11 heteroatoms. The Labute approximate surface area is 304 Å². The van der Waals surface area contributed by atoms with Crippen LogP contribution in [-0.4, -0.2) is 56.6 Å². The monoisotopic (exact) mass is 697 g/mol. The molecule has 0 saturated carbocycles. The number of nitrogens with one attached hydrogen (secondary N) is 2. The fourth-order valence-electron chi connectivity index (χ4n) is 6.10. The summed E-state index contributed by atoms with van der Waals surface area (Å²) < 4.78 is 12.2. The first-order chi connectivity index (χ1) is 24.8. The molecule has 1 aliphatic rings. The third-order valence-corrected chi connectivity index (χ3v) is 8.89. The average molecular weight is 698 g/mol. The van der Waals surface area contributed by atoms with Crippen LogP contribution in [0.25, 0.3) is 22.0 Å². The number of ether oxygens (including phenoxy) is 2. The fourth-order valence-corrected chi connectivity index (χ4v) is 6.10. The molecule has 3 heterocycles. The van der Waals surface area contributed by atoms with E-state index < -0.39 is 11.0 Å². The molecule has 2 amide bonds. The number of nitrogens with zero attached hydrogens (tertiary/aromatic N) is 5. The molecule has 2 N–H and O–H groups in total. The molecule has 1 saturated heterocycles. The van der Waals surface area contributed by atoms with Crippen LogP contribution in [0.2, 0.25) is 0 Å². The molecule has 0 radical (unpaired) electrons. The van der Waals surface area contributed by atoms with Gasteiger partial charge in [0.2, 0.25) is 11.8 Å². The van der Waals surface area contributed by atoms with Gasteiger partial charge in [0.15, 0.2) is 0 Å². The minimum Gasteiger partial charge on any atom is -0.444 e. The maximum Gasteiger partial charge on any atom is 0.410 e. The summed E-state index contributed by atoms with van der Waals surface area (Å²) in [6, 6.07) is 24.5. The molecular formula is C41H43N7O4. The van der Waals surface area contributed by atoms with Crippen LogP contribution in [-0.2, 0) is 10.2 Å². The van der Waals surface area contributed by atoms with Gasteiger partial charge in [-0.05, 0) is 102 Å². The number of piperidine rings is 1. The third-order valence-electron chi connectivity index (χ3n) is 8.89. The smallest absolute Gasteiger partial charge is 0.410 e. The molecule has 2 aromatic heterocycles. The molecule has 0 unspecified atom stereocenters. The minimum atomic E-state index is -0.728. The number of hydrogen-bond acceptors (Lipinski definition) is 9. The van der Waals surface area contributed by atoms with Crippen molar-refractivity contribution in [3.05, 3.63) is 102 Å². The zero-order valence-electron chi connectivity index (χ0n) is 30.4. The molecule has 52 heavy (non-hydrogen) atoms. The molecule has 6 rings (SSSR count). The van der Waals surface area contributed by atoms with Crippen LogP contribution in [0.15, 0.2) is 85.2 Å². The normalized spacial score (nSPS) is 14.7. The summed E-state index contributed by atoms with van der Waals surface area (Å²) >= 11 is 0. The Bertz CT molecular complexity index is 2170. The Morgan fingerprint density at radius 1 is 0.942 bits per heavy atom. The Morgan fingerprint density at radius 3 is 2.54 bits per heavy atom. The molecular weight excluding hydrogens is 654 g/mol. The van der Waals surface area contributed by atoms with Crippen LogP contribution < -0.4 is 15.4 Å². The predicted molar refractivity (Wildman–Crippen MR) is 202 cm³/mol. The van der Waals surface area contributed by atoms with Crippen LogP contribution in [0, 0.1) is 18.3 Å². The molecule has 0 spiro atoms. The maximum atomic E-state index is 13.4. The maximum absolute atomic E-state index is 13.4. The van der Waals surface area contributed by atoms with Gasteiger partial charge < -0.3 is 25.0 Å². The van der Waals surface area contributed by atoms with Crippen LogP contribution in [0.4, 0.5) is 16.4 Å². The lowest BCUT2D eigenvalue weighted by molar-refractivity contribution is 0.0206. The van der Waals surface area contributed by atoms with Gasteiger partial charge in [-0.25, -0.2) is 19.7 Å². The highest BCUT2D eigenvalue weighted by Gasteiger charge is 2.28. The highest BCUT2D eigenvalue weighted by molar-refractivity contribution is 6.10. The molecule has 266 valence electrons. The number of anilines is 2. The second kappa shape index (κ2) is 14.7. The molecule has 1 atom stereocenters. The van der Waals surface area contributed by atoms with Crippen molar-refractivity contribution in [2.24, 2.45) is 0 Å². The molecule has 1 aliphatic heterocycles. The fraction of sp³-hybridized carbons (Fsp3) is 0.317. The standard InChI is InChI=1S/C41H43N7O4/c1-26-17-18-30-31(14-8-16-33(30)46-36(49)27-11-7-12-28(23-27)41(5,6)25-42)35(26)51-37-32(15-9-20-43-37)34-19-21-44-38(47-34)45-29-13-10-22-48(24-29)39(50)52-40(2,3)4/h7-9,11-12,14-21,23,29H,10,13,22,24H2,1-6H3,(H,46,49)(H,44,45,47)/t29-/m0/s1. The molecule has 3 aromatic carbocycles. The van der Waals surface area contributed by atoms with Crippen molar-refractivity contribution in [3.63, 3.8) is 0 Å². The number of aryl methyl sites for hydroxylation is 1. The van der Waals surface area contributed by atoms with E-state index in [1.54, 1.807) is 41.6 Å². The predicted octanol–water partition coefficient (Wildman–Crippen LogP) is 8.66. The quantitative estimate of drug-likeness (QED) is 0.163. The number of hydrogen-bond donors (Lipinski definition) is 2. The van der Waals surface area contributed by atoms with Gasteiger partial charge >= 0.3 is 6.09 Å². The van der Waals surface area contributed by atoms with E-state index in [1.165, 1.54) is 0 Å². The van der Waals surface area contributed by atoms with Gasteiger partial charge in [0, 0.05) is 53.5 Å². The summed E-state index contributed by atoms with van der Waals surface area (Å²) in [5.74, 6) is 1.12. The van der Waals surface area contributed by atoms with Gasteiger partial charge in [0.05, 0.1) is 22.7 Å². The van der Waals surface area contributed by atoms with E-state index >= 15 is 0 Å². The number of pyridine rings is 1. The number of amides is 2. The lowest BCUT2D eigenvalue weighted by Crippen LogP contribution is -2.47. The second-order valence-electron chi connectivity index (χ2n) is 14.5. The van der Waals surface area contributed by atoms with Crippen molar-refractivity contribution < 1.29 is 19.1 Å². The lowest BCUT2D eigenvalue weighted by Gasteiger charge is -2.34. The zero-order valence-corrected chi connectivity index (χ0v) is 30.4. The van der Waals surface area contributed by atoms with E-state index in [9.17, 15) is 14.9 Å². The van der Waals surface area contributed by atoms with Crippen LogP contribution >= 0.6 is 0 Å². The number of carbonyl (C=O) groups is 2. The highest BCUT2D eigenvalue weighted by atomic mass is 16.6. The second-order valence-corrected chi connectivity index (χ2v) is 14.5. The summed E-state index contributed by atoms with van der Waals surface area (Å²) in [5.41, 5.74) is 2.74. The molecule has 0 aliphatic carbocycles. The van der Waals surface area contributed by atoms with Crippen LogP contribution in [0.3, 0.4) is 0 Å². The summed E-state index contributed by atoms with van der Waals surface area (Å²) in [6.07, 6.45) is 4.73. The number of likely N-dealkylation sites (tertiary alicyclic amines) is 1. The number of fused-ring (bicyclic) bond motifs is 1. The molecule has 5 aromatic rings. The van der Waals surface area contributed by atoms with Crippen molar-refractivity contribution in [1.82, 2.24) is 19.9 Å². The van der Waals surface area contributed by atoms with E-state index in [1.807, 2.05) is 90.1 Å². The summed E-state index contributed by atoms with van der Waals surface area (Å²) in [5, 5.41) is 17.7. The number of aromatic nitrogens is 3. The first kappa shape index (κ1) is 35.8. The van der Waals surface area contributed by atoms with Gasteiger partial charge in [-0.2, -0.15) is 5.26 Å². The highest BCUT2D eigenvalue weighted by Crippen LogP contribution is 2.39. The average Bonchev–Trinajstić information content (AvgIpc) is 3.12. The van der Waals surface area contributed by atoms with Crippen molar-refractivity contribution in [2.75, 3.05) is 23.7 Å². The lowest BCUT2D eigenvalue weighted by atomic mass is 9.85. The van der Waals surface area contributed by atoms with Gasteiger partial charge in [-0.15, -0.1) is 0 Å². The van der Waals surface area contributed by atoms with Gasteiger partial charge in [0.1, 0.15) is 11.4 Å². The topological polar surface area (TPSA) is 142 Å². The van der Waals surface area contributed by atoms with Gasteiger partial charge in [-0.3, -0.25) is 4.79 Å². The van der Waals surface area contributed by atoms with Crippen LogP contribution in [0.1, 0.15) is 68.9 Å². The van der Waals surface area contributed by atoms with Crippen molar-refractivity contribution in [3.8, 4) is 29.0 Å². The van der Waals surface area contributed by atoms with Crippen molar-refractivity contribution in [2.45, 2.75) is 71.4 Å². The Balaban J connectivity index is 1.24. The van der Waals surface area contributed by atoms with Crippen LogP contribution in [0.5, 0.6) is 11.6 Å². The van der Waals surface area contributed by atoms with E-state index in [0.29, 0.717) is 53.2 Å². The Hall–Kier alpha value is -6.02. The van der Waals surface area contributed by atoms with Crippen molar-refractivity contribution in [1.29, 1.82) is 5.26 Å². The van der Waals surface area contributed by atoms with Gasteiger partial charge in [-0.1, -0.05) is 36.4 Å². The SMILES string of the molecule is Cc1ccc2c(NC(=O)c3cccc(C(C)(C)C#N)c3)cccc2c1Oc1ncccc1-c1ccnc(N[C@H]2CCCN(C(=O)OC(C)(C)C)C2)n1. The number of rotatable bonds is 8. The van der Waals surface area contributed by atoms with E-state index in [2.05, 4.69) is 26.7 Å². The third kappa shape index (κ3) is 8.13. The van der Waals surface area contributed by atoms with E-state index in [-0.39, 0.29) is 18.0 Å². The largest absolute Gasteiger partial charge is 0.444 e. The summed E-state index contributed by atoms with van der Waals surface area (Å²) in [4.78, 5) is 41.8. The first-order valence-corrected chi connectivity index (χ1v) is 17.4.